The highest BCUT2D eigenvalue weighted by atomic mass is 32.2. The maximum Gasteiger partial charge on any atom is 0.183 e. The summed E-state index contributed by atoms with van der Waals surface area (Å²) < 4.78 is 45.0. The number of nitrogens with two attached hydrogens (primary N) is 1. The molecule has 0 aliphatic heterocycles. The van der Waals surface area contributed by atoms with Gasteiger partial charge in [-0.15, -0.1) is 0 Å². The monoisotopic (exact) mass is 267 g/mol. The van der Waals surface area contributed by atoms with E-state index in [1.165, 1.54) is 0 Å². The second kappa shape index (κ2) is 4.42. The van der Waals surface area contributed by atoms with Crippen LogP contribution in [0.1, 0.15) is 6.42 Å². The fourth-order valence-corrected chi connectivity index (χ4v) is 3.34. The van der Waals surface area contributed by atoms with E-state index >= 15 is 0 Å². The number of anilines is 1. The van der Waals surface area contributed by atoms with Crippen molar-refractivity contribution >= 4 is 25.5 Å². The zero-order chi connectivity index (χ0) is 12.4. The number of nitrogens with one attached hydrogen (secondary N) is 1. The van der Waals surface area contributed by atoms with Gasteiger partial charge in [0.15, 0.2) is 9.84 Å². The predicted molar refractivity (Wildman–Crippen MR) is 59.4 cm³/mol. The highest BCUT2D eigenvalue weighted by Gasteiger charge is 2.19. The number of rotatable bonds is 5. The molecule has 0 spiro atoms. The third-order valence-corrected chi connectivity index (χ3v) is 4.75. The Balaban J connectivity index is 2.72. The quantitative estimate of drug-likeness (QED) is 0.720. The van der Waals surface area contributed by atoms with E-state index in [4.69, 9.17) is 5.73 Å². The molecule has 3 N–H and O–H groups in total. The van der Waals surface area contributed by atoms with Crippen LogP contribution in [0.4, 0.5) is 5.82 Å². The number of H-pyrrole nitrogens is 1. The number of hydrogen-bond acceptors (Lipinski definition) is 6. The van der Waals surface area contributed by atoms with Crippen LogP contribution in [0.3, 0.4) is 0 Å². The lowest BCUT2D eigenvalue weighted by atomic mass is 10.6. The largest absolute Gasteiger partial charge is 0.383 e. The first kappa shape index (κ1) is 13.0. The minimum atomic E-state index is -3.55. The van der Waals surface area contributed by atoms with E-state index in [1.807, 2.05) is 0 Å². The maximum atomic E-state index is 11.7. The van der Waals surface area contributed by atoms with Gasteiger partial charge in [0.2, 0.25) is 0 Å². The molecular weight excluding hydrogens is 254 g/mol. The lowest BCUT2D eigenvalue weighted by molar-refractivity contribution is 0.592. The summed E-state index contributed by atoms with van der Waals surface area (Å²) in [6.07, 6.45) is 2.22. The number of aromatic nitrogens is 2. The smallest absolute Gasteiger partial charge is 0.183 e. The molecule has 0 bridgehead atoms. The third kappa shape index (κ3) is 3.49. The number of nitrogen functional groups attached to an aromatic ring is 1. The van der Waals surface area contributed by atoms with Crippen molar-refractivity contribution in [1.82, 2.24) is 10.2 Å². The van der Waals surface area contributed by atoms with Gasteiger partial charge in [0, 0.05) is 6.26 Å². The molecule has 0 saturated heterocycles. The fourth-order valence-electron chi connectivity index (χ4n) is 1.15. The Morgan fingerprint density at radius 2 is 1.94 bits per heavy atom. The van der Waals surface area contributed by atoms with Gasteiger partial charge in [-0.1, -0.05) is 0 Å². The summed E-state index contributed by atoms with van der Waals surface area (Å²) in [6, 6.07) is 0. The van der Waals surface area contributed by atoms with Crippen molar-refractivity contribution in [2.45, 2.75) is 11.3 Å². The van der Waals surface area contributed by atoms with Crippen molar-refractivity contribution in [3.63, 3.8) is 0 Å². The summed E-state index contributed by atoms with van der Waals surface area (Å²) in [5.74, 6) is -0.451. The second-order valence-corrected chi connectivity index (χ2v) is 7.79. The van der Waals surface area contributed by atoms with E-state index in [0.717, 1.165) is 12.5 Å². The molecule has 0 saturated carbocycles. The average Bonchev–Trinajstić information content (AvgIpc) is 2.48. The van der Waals surface area contributed by atoms with Gasteiger partial charge in [-0.25, -0.2) is 16.8 Å². The summed E-state index contributed by atoms with van der Waals surface area (Å²) >= 11 is 0. The van der Waals surface area contributed by atoms with Crippen LogP contribution in [-0.2, 0) is 19.7 Å². The van der Waals surface area contributed by atoms with Crippen LogP contribution in [0.5, 0.6) is 0 Å². The molecule has 0 fully saturated rings. The van der Waals surface area contributed by atoms with E-state index in [9.17, 15) is 16.8 Å². The second-order valence-electron chi connectivity index (χ2n) is 3.45. The standard InChI is InChI=1S/C7H13N3O4S2/c1-15(11,12)3-2-4-16(13,14)6-5-9-10-7(6)8/h5H,2-4H2,1H3,(H3,8,9,10). The first-order valence-corrected chi connectivity index (χ1v) is 8.13. The first-order valence-electron chi connectivity index (χ1n) is 4.42. The van der Waals surface area contributed by atoms with Crippen LogP contribution in [0, 0.1) is 0 Å². The Labute approximate surface area is 93.9 Å². The number of sulfone groups is 2. The van der Waals surface area contributed by atoms with Crippen LogP contribution in [0.2, 0.25) is 0 Å². The zero-order valence-electron chi connectivity index (χ0n) is 8.67. The number of nitrogens with zero attached hydrogens (tertiary/aromatic N) is 1. The molecule has 0 aromatic carbocycles. The molecule has 92 valence electrons. The van der Waals surface area contributed by atoms with E-state index in [0.29, 0.717) is 0 Å². The van der Waals surface area contributed by atoms with Crippen LogP contribution >= 0.6 is 0 Å². The zero-order valence-corrected chi connectivity index (χ0v) is 10.3. The Morgan fingerprint density at radius 3 is 2.38 bits per heavy atom. The molecule has 7 nitrogen and oxygen atoms in total. The number of hydrogen-bond donors (Lipinski definition) is 2. The Morgan fingerprint density at radius 1 is 1.31 bits per heavy atom. The number of aromatic amines is 1. The fraction of sp³-hybridized carbons (Fsp3) is 0.571. The summed E-state index contributed by atoms with van der Waals surface area (Å²) in [5.41, 5.74) is 5.37. The molecule has 9 heteroatoms. The minimum Gasteiger partial charge on any atom is -0.383 e. The molecular formula is C7H13N3O4S2. The van der Waals surface area contributed by atoms with Gasteiger partial charge in [0.1, 0.15) is 20.6 Å². The Kier molecular flexibility index (Phi) is 3.58. The predicted octanol–water partition coefficient (Wildman–Crippen LogP) is -0.800. The van der Waals surface area contributed by atoms with Crippen molar-refractivity contribution in [3.8, 4) is 0 Å². The van der Waals surface area contributed by atoms with Gasteiger partial charge in [-0.05, 0) is 6.42 Å². The molecule has 0 aliphatic rings. The van der Waals surface area contributed by atoms with Crippen molar-refractivity contribution in [2.24, 2.45) is 0 Å². The highest BCUT2D eigenvalue weighted by molar-refractivity contribution is 7.92. The minimum absolute atomic E-state index is 0.0284. The van der Waals surface area contributed by atoms with Crippen LogP contribution < -0.4 is 5.73 Å². The van der Waals surface area contributed by atoms with Crippen LogP contribution in [0.25, 0.3) is 0 Å². The summed E-state index contributed by atoms with van der Waals surface area (Å²) in [4.78, 5) is -0.0824. The van der Waals surface area contributed by atoms with E-state index in [2.05, 4.69) is 10.2 Å². The Bertz CT molecular complexity index is 558. The maximum absolute atomic E-state index is 11.7. The molecule has 0 atom stereocenters. The molecule has 0 amide bonds. The molecule has 0 radical (unpaired) electrons. The van der Waals surface area contributed by atoms with E-state index in [-0.39, 0.29) is 28.6 Å². The molecule has 1 aromatic heterocycles. The summed E-state index contributed by atoms with van der Waals surface area (Å²) in [6.45, 7) is 0. The topological polar surface area (TPSA) is 123 Å². The summed E-state index contributed by atoms with van der Waals surface area (Å²) in [7, 11) is -6.70. The van der Waals surface area contributed by atoms with Gasteiger partial charge in [0.25, 0.3) is 0 Å². The van der Waals surface area contributed by atoms with Gasteiger partial charge < -0.3 is 5.73 Å². The van der Waals surface area contributed by atoms with Crippen LogP contribution in [0.15, 0.2) is 11.1 Å². The molecule has 0 aliphatic carbocycles. The van der Waals surface area contributed by atoms with Crippen molar-refractivity contribution in [1.29, 1.82) is 0 Å². The van der Waals surface area contributed by atoms with Crippen molar-refractivity contribution in [2.75, 3.05) is 23.5 Å². The summed E-state index contributed by atoms with van der Waals surface area (Å²) in [5, 5.41) is 5.81. The molecule has 1 aromatic rings. The highest BCUT2D eigenvalue weighted by Crippen LogP contribution is 2.16. The SMILES string of the molecule is CS(=O)(=O)CCCS(=O)(=O)c1cn[nH]c1N. The normalized spacial score (nSPS) is 12.8. The van der Waals surface area contributed by atoms with Gasteiger partial charge in [-0.3, -0.25) is 5.10 Å². The van der Waals surface area contributed by atoms with Crippen molar-refractivity contribution in [3.05, 3.63) is 6.20 Å². The molecule has 16 heavy (non-hydrogen) atoms. The van der Waals surface area contributed by atoms with Gasteiger partial charge >= 0.3 is 0 Å². The lowest BCUT2D eigenvalue weighted by Gasteiger charge is -2.01. The molecule has 1 heterocycles. The molecule has 0 unspecified atom stereocenters. The van der Waals surface area contributed by atoms with E-state index in [1.54, 1.807) is 0 Å². The molecule has 1 rings (SSSR count). The van der Waals surface area contributed by atoms with E-state index < -0.39 is 19.7 Å². The van der Waals surface area contributed by atoms with Gasteiger partial charge in [0.05, 0.1) is 17.7 Å². The van der Waals surface area contributed by atoms with Gasteiger partial charge in [-0.2, -0.15) is 5.10 Å². The first-order chi connectivity index (χ1) is 7.22. The van der Waals surface area contributed by atoms with Crippen molar-refractivity contribution < 1.29 is 16.8 Å². The third-order valence-electron chi connectivity index (χ3n) is 1.90. The Hall–Kier alpha value is -1.09. The van der Waals surface area contributed by atoms with Crippen LogP contribution in [-0.4, -0.2) is 44.8 Å². The lowest BCUT2D eigenvalue weighted by Crippen LogP contribution is -2.12. The average molecular weight is 267 g/mol.